The molecule has 0 unspecified atom stereocenters. The smallest absolute Gasteiger partial charge is 0.310 e. The summed E-state index contributed by atoms with van der Waals surface area (Å²) < 4.78 is 18.8. The van der Waals surface area contributed by atoms with Crippen molar-refractivity contribution in [1.29, 1.82) is 0 Å². The Labute approximate surface area is 119 Å². The number of aliphatic carboxylic acids is 1. The molecule has 1 spiro atoms. The van der Waals surface area contributed by atoms with Gasteiger partial charge in [-0.1, -0.05) is 12.2 Å². The molecule has 4 atom stereocenters. The van der Waals surface area contributed by atoms with Crippen molar-refractivity contribution in [2.75, 3.05) is 11.4 Å². The SMILES string of the molecule is O=C(O)[C@H]1[C@@H]2C=C[C@]3(CN(c4ccc(F)cc4)C(=O)[C@@H]13)O2. The average molecular weight is 289 g/mol. The second-order valence-electron chi connectivity index (χ2n) is 5.64. The molecule has 0 aliphatic carbocycles. The highest BCUT2D eigenvalue weighted by Crippen LogP contribution is 2.52. The topological polar surface area (TPSA) is 66.8 Å². The highest BCUT2D eigenvalue weighted by atomic mass is 19.1. The van der Waals surface area contributed by atoms with Crippen LogP contribution in [0.3, 0.4) is 0 Å². The van der Waals surface area contributed by atoms with E-state index in [9.17, 15) is 19.1 Å². The van der Waals surface area contributed by atoms with E-state index in [1.165, 1.54) is 29.2 Å². The number of carbonyl (C=O) groups is 2. The van der Waals surface area contributed by atoms with E-state index >= 15 is 0 Å². The van der Waals surface area contributed by atoms with Crippen molar-refractivity contribution in [2.45, 2.75) is 11.7 Å². The molecular formula is C15H12FNO4. The number of amides is 1. The zero-order valence-corrected chi connectivity index (χ0v) is 10.9. The Morgan fingerprint density at radius 1 is 1.38 bits per heavy atom. The van der Waals surface area contributed by atoms with E-state index in [2.05, 4.69) is 0 Å². The number of benzene rings is 1. The van der Waals surface area contributed by atoms with Crippen molar-refractivity contribution in [1.82, 2.24) is 0 Å². The van der Waals surface area contributed by atoms with Crippen LogP contribution in [-0.2, 0) is 14.3 Å². The average Bonchev–Trinajstić information content (AvgIpc) is 3.08. The highest BCUT2D eigenvalue weighted by molar-refractivity contribution is 6.02. The number of hydrogen-bond donors (Lipinski definition) is 1. The molecule has 0 radical (unpaired) electrons. The third-order valence-corrected chi connectivity index (χ3v) is 4.52. The number of carboxylic acids is 1. The molecule has 2 fully saturated rings. The Bertz CT molecular complexity index is 671. The molecule has 3 aliphatic heterocycles. The van der Waals surface area contributed by atoms with Crippen molar-refractivity contribution < 1.29 is 23.8 Å². The zero-order chi connectivity index (χ0) is 14.8. The second kappa shape index (κ2) is 3.92. The first kappa shape index (κ1) is 12.5. The van der Waals surface area contributed by atoms with Crippen LogP contribution in [-0.4, -0.2) is 35.2 Å². The minimum absolute atomic E-state index is 0.263. The summed E-state index contributed by atoms with van der Waals surface area (Å²) in [5.41, 5.74) is -0.311. The van der Waals surface area contributed by atoms with Gasteiger partial charge in [-0.05, 0) is 24.3 Å². The molecule has 0 aromatic heterocycles. The molecule has 2 bridgehead atoms. The molecule has 3 aliphatic rings. The van der Waals surface area contributed by atoms with Gasteiger partial charge in [0.05, 0.1) is 18.6 Å². The molecule has 3 heterocycles. The van der Waals surface area contributed by atoms with E-state index in [0.717, 1.165) is 0 Å². The lowest BCUT2D eigenvalue weighted by atomic mass is 9.77. The number of nitrogens with zero attached hydrogens (tertiary/aromatic N) is 1. The minimum Gasteiger partial charge on any atom is -0.481 e. The molecule has 6 heteroatoms. The van der Waals surface area contributed by atoms with E-state index in [0.29, 0.717) is 5.69 Å². The number of carbonyl (C=O) groups excluding carboxylic acids is 1. The molecule has 1 aromatic rings. The predicted molar refractivity (Wildman–Crippen MR) is 70.1 cm³/mol. The van der Waals surface area contributed by atoms with Crippen molar-refractivity contribution in [3.63, 3.8) is 0 Å². The first-order valence-electron chi connectivity index (χ1n) is 6.69. The van der Waals surface area contributed by atoms with Crippen molar-refractivity contribution in [2.24, 2.45) is 11.8 Å². The lowest BCUT2D eigenvalue weighted by molar-refractivity contribution is -0.146. The van der Waals surface area contributed by atoms with Gasteiger partial charge in [-0.25, -0.2) is 4.39 Å². The van der Waals surface area contributed by atoms with Crippen LogP contribution in [0.15, 0.2) is 36.4 Å². The van der Waals surface area contributed by atoms with Gasteiger partial charge >= 0.3 is 5.97 Å². The molecule has 1 N–H and O–H groups in total. The fraction of sp³-hybridized carbons (Fsp3) is 0.333. The summed E-state index contributed by atoms with van der Waals surface area (Å²) in [5, 5.41) is 9.36. The maximum atomic E-state index is 13.0. The van der Waals surface area contributed by atoms with E-state index < -0.39 is 29.5 Å². The summed E-state index contributed by atoms with van der Waals surface area (Å²) in [4.78, 5) is 25.5. The Hall–Kier alpha value is -2.21. The summed E-state index contributed by atoms with van der Waals surface area (Å²) in [7, 11) is 0. The maximum Gasteiger partial charge on any atom is 0.310 e. The van der Waals surface area contributed by atoms with Crippen LogP contribution < -0.4 is 4.90 Å². The lowest BCUT2D eigenvalue weighted by Crippen LogP contribution is -2.39. The first-order chi connectivity index (χ1) is 10.0. The normalized spacial score (nSPS) is 36.3. The number of halogens is 1. The summed E-state index contributed by atoms with van der Waals surface area (Å²) in [6.45, 7) is 0.263. The molecule has 5 nitrogen and oxygen atoms in total. The van der Waals surface area contributed by atoms with Crippen LogP contribution in [0.25, 0.3) is 0 Å². The van der Waals surface area contributed by atoms with Crippen LogP contribution >= 0.6 is 0 Å². The molecule has 108 valence electrons. The number of ether oxygens (including phenoxy) is 1. The van der Waals surface area contributed by atoms with Crippen LogP contribution in [0.4, 0.5) is 10.1 Å². The third kappa shape index (κ3) is 1.53. The summed E-state index contributed by atoms with van der Waals surface area (Å²) >= 11 is 0. The standard InChI is InChI=1S/C15H12FNO4/c16-8-1-3-9(4-2-8)17-7-15-6-5-10(21-15)11(14(19)20)12(15)13(17)18/h1-6,10-12H,7H2,(H,19,20)/t10-,11-,12+,15+/m0/s1. The van der Waals surface area contributed by atoms with Gasteiger partial charge in [0.2, 0.25) is 5.91 Å². The van der Waals surface area contributed by atoms with Crippen LogP contribution in [0.5, 0.6) is 0 Å². The monoisotopic (exact) mass is 289 g/mol. The molecule has 0 saturated carbocycles. The largest absolute Gasteiger partial charge is 0.481 e. The minimum atomic E-state index is -1.02. The molecule has 2 saturated heterocycles. The molecule has 4 rings (SSSR count). The second-order valence-corrected chi connectivity index (χ2v) is 5.64. The van der Waals surface area contributed by atoms with Gasteiger partial charge in [0.15, 0.2) is 0 Å². The number of rotatable bonds is 2. The molecule has 1 aromatic carbocycles. The van der Waals surface area contributed by atoms with Gasteiger partial charge in [-0.2, -0.15) is 0 Å². The van der Waals surface area contributed by atoms with Gasteiger partial charge in [0.1, 0.15) is 17.3 Å². The Balaban J connectivity index is 1.73. The Kier molecular flexibility index (Phi) is 2.34. The fourth-order valence-corrected chi connectivity index (χ4v) is 3.62. The molecule has 1 amide bonds. The Morgan fingerprint density at radius 3 is 2.76 bits per heavy atom. The highest BCUT2D eigenvalue weighted by Gasteiger charge is 2.67. The maximum absolute atomic E-state index is 13.0. The zero-order valence-electron chi connectivity index (χ0n) is 10.9. The van der Waals surface area contributed by atoms with Crippen molar-refractivity contribution >= 4 is 17.6 Å². The van der Waals surface area contributed by atoms with Gasteiger partial charge in [0.25, 0.3) is 0 Å². The summed E-state index contributed by atoms with van der Waals surface area (Å²) in [6.07, 6.45) is 2.98. The molecule has 21 heavy (non-hydrogen) atoms. The van der Waals surface area contributed by atoms with E-state index in [1.54, 1.807) is 12.2 Å². The summed E-state index contributed by atoms with van der Waals surface area (Å²) in [5.74, 6) is -3.25. The predicted octanol–water partition coefficient (Wildman–Crippen LogP) is 1.20. The van der Waals surface area contributed by atoms with E-state index in [4.69, 9.17) is 4.74 Å². The lowest BCUT2D eigenvalue weighted by Gasteiger charge is -2.21. The fourth-order valence-electron chi connectivity index (χ4n) is 3.62. The Morgan fingerprint density at radius 2 is 2.10 bits per heavy atom. The summed E-state index contributed by atoms with van der Waals surface area (Å²) in [6, 6.07) is 5.57. The van der Waals surface area contributed by atoms with Crippen molar-refractivity contribution in [3.8, 4) is 0 Å². The third-order valence-electron chi connectivity index (χ3n) is 4.52. The number of hydrogen-bond acceptors (Lipinski definition) is 3. The number of fused-ring (bicyclic) bond motifs is 1. The van der Waals surface area contributed by atoms with E-state index in [-0.39, 0.29) is 18.3 Å². The number of anilines is 1. The van der Waals surface area contributed by atoms with Gasteiger partial charge in [-0.15, -0.1) is 0 Å². The van der Waals surface area contributed by atoms with E-state index in [1.807, 2.05) is 0 Å². The van der Waals surface area contributed by atoms with Gasteiger partial charge < -0.3 is 14.7 Å². The van der Waals surface area contributed by atoms with Crippen LogP contribution in [0.2, 0.25) is 0 Å². The van der Waals surface area contributed by atoms with Crippen LogP contribution in [0, 0.1) is 17.7 Å². The first-order valence-corrected chi connectivity index (χ1v) is 6.69. The van der Waals surface area contributed by atoms with Crippen molar-refractivity contribution in [3.05, 3.63) is 42.2 Å². The molecular weight excluding hydrogens is 277 g/mol. The number of carboxylic acid groups (broad SMARTS) is 1. The van der Waals surface area contributed by atoms with Gasteiger partial charge in [0, 0.05) is 5.69 Å². The van der Waals surface area contributed by atoms with Crippen LogP contribution in [0.1, 0.15) is 0 Å². The van der Waals surface area contributed by atoms with Gasteiger partial charge in [-0.3, -0.25) is 9.59 Å². The quantitative estimate of drug-likeness (QED) is 0.831.